The third-order valence-electron chi connectivity index (χ3n) is 3.07. The Kier molecular flexibility index (Phi) is 6.98. The molecule has 0 aliphatic carbocycles. The van der Waals surface area contributed by atoms with Crippen LogP contribution in [0.3, 0.4) is 0 Å². The first kappa shape index (κ1) is 20.2. The summed E-state index contributed by atoms with van der Waals surface area (Å²) >= 11 is 6.08. The van der Waals surface area contributed by atoms with Gasteiger partial charge in [-0.1, -0.05) is 11.6 Å². The number of nitrogens with one attached hydrogen (secondary N) is 1. The van der Waals surface area contributed by atoms with Gasteiger partial charge in [0.2, 0.25) is 0 Å². The Bertz CT molecular complexity index is 604. The summed E-state index contributed by atoms with van der Waals surface area (Å²) in [7, 11) is 2.74. The number of amides is 2. The molecular formula is C16H22ClFN2O4. The Morgan fingerprint density at radius 1 is 1.38 bits per heavy atom. The fraction of sp³-hybridized carbons (Fsp3) is 0.500. The number of likely N-dealkylation sites (N-methyl/N-ethyl adjacent to an activating group) is 1. The molecule has 6 nitrogen and oxygen atoms in total. The van der Waals surface area contributed by atoms with Crippen LogP contribution in [0, 0.1) is 5.82 Å². The van der Waals surface area contributed by atoms with Gasteiger partial charge in [-0.05, 0) is 44.5 Å². The molecule has 24 heavy (non-hydrogen) atoms. The summed E-state index contributed by atoms with van der Waals surface area (Å²) < 4.78 is 18.7. The summed E-state index contributed by atoms with van der Waals surface area (Å²) in [5, 5.41) is 3.70. The zero-order valence-corrected chi connectivity index (χ0v) is 15.1. The van der Waals surface area contributed by atoms with E-state index in [1.807, 2.05) is 0 Å². The number of alkyl carbamates (subject to hydrolysis) is 1. The van der Waals surface area contributed by atoms with Crippen molar-refractivity contribution in [2.45, 2.75) is 32.3 Å². The lowest BCUT2D eigenvalue weighted by Gasteiger charge is -2.24. The molecule has 0 radical (unpaired) electrons. The van der Waals surface area contributed by atoms with Crippen molar-refractivity contribution in [2.24, 2.45) is 0 Å². The lowest BCUT2D eigenvalue weighted by Crippen LogP contribution is -2.40. The lowest BCUT2D eigenvalue weighted by molar-refractivity contribution is -0.170. The minimum atomic E-state index is -0.925. The summed E-state index contributed by atoms with van der Waals surface area (Å²) in [5.41, 5.74) is -0.426. The first-order valence-electron chi connectivity index (χ1n) is 7.28. The van der Waals surface area contributed by atoms with E-state index in [2.05, 4.69) is 5.32 Å². The average Bonchev–Trinajstić information content (AvgIpc) is 2.47. The van der Waals surface area contributed by atoms with Crippen LogP contribution in [0.1, 0.15) is 32.3 Å². The highest BCUT2D eigenvalue weighted by Gasteiger charge is 2.28. The minimum absolute atomic E-state index is 0.120. The van der Waals surface area contributed by atoms with Crippen molar-refractivity contribution < 1.29 is 23.6 Å². The van der Waals surface area contributed by atoms with Gasteiger partial charge in [0.15, 0.2) is 0 Å². The van der Waals surface area contributed by atoms with Crippen LogP contribution < -0.4 is 5.32 Å². The number of ether oxygens (including phenoxy) is 1. The van der Waals surface area contributed by atoms with Crippen LogP contribution in [0.4, 0.5) is 9.18 Å². The first-order valence-corrected chi connectivity index (χ1v) is 7.66. The second-order valence-corrected chi connectivity index (χ2v) is 6.53. The van der Waals surface area contributed by atoms with Crippen LogP contribution in [0.2, 0.25) is 5.02 Å². The third kappa shape index (κ3) is 5.98. The molecule has 0 fully saturated rings. The van der Waals surface area contributed by atoms with Gasteiger partial charge in [-0.25, -0.2) is 14.2 Å². The van der Waals surface area contributed by atoms with Gasteiger partial charge < -0.3 is 10.1 Å². The minimum Gasteiger partial charge on any atom is -0.444 e. The number of nitrogens with zero attached hydrogens (tertiary/aromatic N) is 1. The van der Waals surface area contributed by atoms with E-state index in [4.69, 9.17) is 21.2 Å². The highest BCUT2D eigenvalue weighted by Crippen LogP contribution is 2.27. The molecule has 0 aliphatic rings. The van der Waals surface area contributed by atoms with Crippen molar-refractivity contribution in [3.63, 3.8) is 0 Å². The number of hydrogen-bond donors (Lipinski definition) is 1. The highest BCUT2D eigenvalue weighted by atomic mass is 35.5. The summed E-state index contributed by atoms with van der Waals surface area (Å²) in [6, 6.07) is 3.70. The fourth-order valence-corrected chi connectivity index (χ4v) is 2.17. The molecule has 1 N–H and O–H groups in total. The number of hydrogen-bond acceptors (Lipinski definition) is 4. The Balaban J connectivity index is 3.01. The van der Waals surface area contributed by atoms with Gasteiger partial charge in [-0.3, -0.25) is 9.63 Å². The van der Waals surface area contributed by atoms with E-state index < -0.39 is 29.3 Å². The van der Waals surface area contributed by atoms with Crippen molar-refractivity contribution >= 4 is 23.6 Å². The van der Waals surface area contributed by atoms with Crippen LogP contribution in [-0.4, -0.2) is 43.4 Å². The largest absolute Gasteiger partial charge is 0.444 e. The van der Waals surface area contributed by atoms with Gasteiger partial charge in [-0.2, -0.15) is 0 Å². The maximum absolute atomic E-state index is 13.5. The van der Waals surface area contributed by atoms with E-state index in [1.54, 1.807) is 20.8 Å². The second-order valence-electron chi connectivity index (χ2n) is 6.12. The molecule has 1 aromatic carbocycles. The molecule has 1 unspecified atom stereocenters. The zero-order chi connectivity index (χ0) is 18.5. The molecule has 0 aliphatic heterocycles. The normalized spacial score (nSPS) is 12.5. The number of halogens is 2. The van der Waals surface area contributed by atoms with Crippen molar-refractivity contribution in [2.75, 3.05) is 20.7 Å². The molecule has 0 saturated carbocycles. The van der Waals surface area contributed by atoms with Crippen molar-refractivity contribution in [3.8, 4) is 0 Å². The summed E-state index contributed by atoms with van der Waals surface area (Å²) in [6.45, 7) is 5.04. The number of rotatable bonds is 5. The topological polar surface area (TPSA) is 67.9 Å². The van der Waals surface area contributed by atoms with E-state index in [1.165, 1.54) is 26.3 Å². The quantitative estimate of drug-likeness (QED) is 0.819. The van der Waals surface area contributed by atoms with Crippen LogP contribution in [0.15, 0.2) is 18.2 Å². The highest BCUT2D eigenvalue weighted by molar-refractivity contribution is 6.31. The molecular weight excluding hydrogens is 339 g/mol. The Morgan fingerprint density at radius 3 is 2.54 bits per heavy atom. The summed E-state index contributed by atoms with van der Waals surface area (Å²) in [5.74, 6) is -1.95. The second kappa shape index (κ2) is 8.30. The molecule has 2 amide bonds. The number of carbonyl (C=O) groups is 2. The fourth-order valence-electron chi connectivity index (χ4n) is 1.92. The lowest BCUT2D eigenvalue weighted by atomic mass is 9.97. The van der Waals surface area contributed by atoms with Crippen LogP contribution in [-0.2, 0) is 14.4 Å². The molecule has 1 aromatic rings. The molecule has 1 rings (SSSR count). The summed E-state index contributed by atoms with van der Waals surface area (Å²) in [4.78, 5) is 29.2. The Morgan fingerprint density at radius 2 is 2.00 bits per heavy atom. The Labute approximate surface area is 145 Å². The molecule has 0 bridgehead atoms. The molecule has 134 valence electrons. The third-order valence-corrected chi connectivity index (χ3v) is 3.41. The van der Waals surface area contributed by atoms with E-state index in [0.29, 0.717) is 0 Å². The maximum Gasteiger partial charge on any atom is 0.407 e. The van der Waals surface area contributed by atoms with Crippen molar-refractivity contribution in [1.29, 1.82) is 0 Å². The number of benzene rings is 1. The molecule has 0 spiro atoms. The van der Waals surface area contributed by atoms with Gasteiger partial charge in [-0.15, -0.1) is 0 Å². The predicted octanol–water partition coefficient (Wildman–Crippen LogP) is 3.11. The molecule has 0 saturated heterocycles. The predicted molar refractivity (Wildman–Crippen MR) is 88.2 cm³/mol. The van der Waals surface area contributed by atoms with Crippen molar-refractivity contribution in [3.05, 3.63) is 34.6 Å². The van der Waals surface area contributed by atoms with Gasteiger partial charge in [0.05, 0.1) is 13.0 Å². The zero-order valence-electron chi connectivity index (χ0n) is 14.4. The van der Waals surface area contributed by atoms with Gasteiger partial charge in [0.1, 0.15) is 11.4 Å². The smallest absolute Gasteiger partial charge is 0.407 e. The Hall–Kier alpha value is -1.86. The first-order chi connectivity index (χ1) is 11.0. The average molecular weight is 361 g/mol. The van der Waals surface area contributed by atoms with Crippen molar-refractivity contribution in [1.82, 2.24) is 10.4 Å². The van der Waals surface area contributed by atoms with E-state index in [0.717, 1.165) is 11.1 Å². The molecule has 0 aromatic heterocycles. The summed E-state index contributed by atoms with van der Waals surface area (Å²) in [6.07, 6.45) is -0.687. The van der Waals surface area contributed by atoms with Gasteiger partial charge >= 0.3 is 6.09 Å². The van der Waals surface area contributed by atoms with E-state index >= 15 is 0 Å². The van der Waals surface area contributed by atoms with Crippen LogP contribution in [0.5, 0.6) is 0 Å². The monoisotopic (exact) mass is 360 g/mol. The molecule has 1 atom stereocenters. The number of hydroxylamine groups is 2. The van der Waals surface area contributed by atoms with E-state index in [-0.39, 0.29) is 17.1 Å². The van der Waals surface area contributed by atoms with Crippen LogP contribution >= 0.6 is 11.6 Å². The molecule has 0 heterocycles. The maximum atomic E-state index is 13.5. The van der Waals surface area contributed by atoms with Gasteiger partial charge in [0.25, 0.3) is 5.91 Å². The van der Waals surface area contributed by atoms with Gasteiger partial charge in [0, 0.05) is 18.6 Å². The molecule has 8 heteroatoms. The SMILES string of the molecule is CON(C)C(=O)C(CNC(=O)OC(C)(C)C)c1cc(F)ccc1Cl. The van der Waals surface area contributed by atoms with Crippen LogP contribution in [0.25, 0.3) is 0 Å². The standard InChI is InChI=1S/C16H22ClFN2O4/c1-16(2,3)24-15(22)19-9-12(14(21)20(4)23-5)11-8-10(18)6-7-13(11)17/h6-8,12H,9H2,1-5H3,(H,19,22). The van der Waals surface area contributed by atoms with E-state index in [9.17, 15) is 14.0 Å². The number of carbonyl (C=O) groups excluding carboxylic acids is 2.